The zero-order chi connectivity index (χ0) is 5.82. The van der Waals surface area contributed by atoms with E-state index in [0.29, 0.717) is 5.25 Å². The van der Waals surface area contributed by atoms with Gasteiger partial charge in [0.05, 0.1) is 5.25 Å². The van der Waals surface area contributed by atoms with E-state index in [1.54, 1.807) is 11.8 Å². The standard InChI is InChI=1S/C6H10OS/c7-5-6-3-1-2-4-8-6/h5-6H,1-4H2. The summed E-state index contributed by atoms with van der Waals surface area (Å²) < 4.78 is 0. The van der Waals surface area contributed by atoms with Gasteiger partial charge in [-0.3, -0.25) is 0 Å². The summed E-state index contributed by atoms with van der Waals surface area (Å²) in [6.45, 7) is 0. The number of hydrogen-bond acceptors (Lipinski definition) is 2. The van der Waals surface area contributed by atoms with Crippen molar-refractivity contribution in [2.75, 3.05) is 5.75 Å². The summed E-state index contributed by atoms with van der Waals surface area (Å²) in [4.78, 5) is 10.1. The quantitative estimate of drug-likeness (QED) is 0.500. The van der Waals surface area contributed by atoms with Gasteiger partial charge in [-0.2, -0.15) is 11.8 Å². The highest BCUT2D eigenvalue weighted by Gasteiger charge is 2.11. The lowest BCUT2D eigenvalue weighted by Gasteiger charge is -2.14. The normalized spacial score (nSPS) is 29.8. The van der Waals surface area contributed by atoms with Crippen molar-refractivity contribution in [2.24, 2.45) is 0 Å². The number of rotatable bonds is 1. The summed E-state index contributed by atoms with van der Waals surface area (Å²) in [5, 5.41) is 0.323. The lowest BCUT2D eigenvalue weighted by Crippen LogP contribution is -2.09. The monoisotopic (exact) mass is 130 g/mol. The zero-order valence-electron chi connectivity index (χ0n) is 4.80. The molecular formula is C6H10OS. The second-order valence-electron chi connectivity index (χ2n) is 2.04. The Balaban J connectivity index is 2.22. The highest BCUT2D eigenvalue weighted by Crippen LogP contribution is 2.22. The van der Waals surface area contributed by atoms with Gasteiger partial charge >= 0.3 is 0 Å². The van der Waals surface area contributed by atoms with Gasteiger partial charge in [0.1, 0.15) is 6.29 Å². The van der Waals surface area contributed by atoms with Crippen LogP contribution in [0, 0.1) is 0 Å². The molecule has 0 amide bonds. The van der Waals surface area contributed by atoms with E-state index in [1.807, 2.05) is 0 Å². The van der Waals surface area contributed by atoms with Crippen LogP contribution >= 0.6 is 11.8 Å². The third kappa shape index (κ3) is 1.51. The molecule has 46 valence electrons. The molecule has 0 aliphatic carbocycles. The predicted octanol–water partition coefficient (Wildman–Crippen LogP) is 1.47. The lowest BCUT2D eigenvalue weighted by atomic mass is 10.2. The number of carbonyl (C=O) groups excluding carboxylic acids is 1. The van der Waals surface area contributed by atoms with Crippen LogP contribution in [0.25, 0.3) is 0 Å². The van der Waals surface area contributed by atoms with E-state index in [1.165, 1.54) is 18.6 Å². The van der Waals surface area contributed by atoms with E-state index >= 15 is 0 Å². The Morgan fingerprint density at radius 2 is 2.38 bits per heavy atom. The number of hydrogen-bond donors (Lipinski definition) is 0. The van der Waals surface area contributed by atoms with Gasteiger partial charge in [-0.1, -0.05) is 6.42 Å². The minimum Gasteiger partial charge on any atom is -0.302 e. The van der Waals surface area contributed by atoms with Crippen molar-refractivity contribution >= 4 is 18.0 Å². The molecule has 0 aromatic carbocycles. The van der Waals surface area contributed by atoms with E-state index in [0.717, 1.165) is 12.7 Å². The summed E-state index contributed by atoms with van der Waals surface area (Å²) >= 11 is 1.80. The van der Waals surface area contributed by atoms with Gasteiger partial charge < -0.3 is 4.79 Å². The first-order valence-corrected chi connectivity index (χ1v) is 4.05. The van der Waals surface area contributed by atoms with E-state index < -0.39 is 0 Å². The lowest BCUT2D eigenvalue weighted by molar-refractivity contribution is -0.107. The molecule has 1 saturated heterocycles. The molecule has 1 rings (SSSR count). The maximum absolute atomic E-state index is 10.1. The smallest absolute Gasteiger partial charge is 0.132 e. The van der Waals surface area contributed by atoms with Crippen LogP contribution in [0.5, 0.6) is 0 Å². The molecule has 0 saturated carbocycles. The van der Waals surface area contributed by atoms with E-state index in [2.05, 4.69) is 0 Å². The maximum atomic E-state index is 10.1. The van der Waals surface area contributed by atoms with Crippen LogP contribution in [0.2, 0.25) is 0 Å². The Bertz CT molecular complexity index is 76.6. The summed E-state index contributed by atoms with van der Waals surface area (Å²) in [6, 6.07) is 0. The molecule has 0 bridgehead atoms. The fraction of sp³-hybridized carbons (Fsp3) is 0.833. The molecule has 2 heteroatoms. The molecule has 1 nitrogen and oxygen atoms in total. The highest BCUT2D eigenvalue weighted by molar-refractivity contribution is 8.00. The Labute approximate surface area is 53.8 Å². The number of aldehydes is 1. The molecule has 1 aliphatic rings. The molecule has 0 spiro atoms. The van der Waals surface area contributed by atoms with Crippen LogP contribution < -0.4 is 0 Å². The Kier molecular flexibility index (Phi) is 2.40. The average Bonchev–Trinajstić information content (AvgIpc) is 1.90. The summed E-state index contributed by atoms with van der Waals surface area (Å²) in [6.07, 6.45) is 4.73. The Morgan fingerprint density at radius 1 is 1.50 bits per heavy atom. The van der Waals surface area contributed by atoms with E-state index in [-0.39, 0.29) is 0 Å². The average molecular weight is 130 g/mol. The van der Waals surface area contributed by atoms with Crippen molar-refractivity contribution in [1.82, 2.24) is 0 Å². The molecule has 0 N–H and O–H groups in total. The number of carbonyl (C=O) groups is 1. The molecule has 1 aliphatic heterocycles. The second-order valence-corrected chi connectivity index (χ2v) is 3.39. The first kappa shape index (κ1) is 6.14. The van der Waals surface area contributed by atoms with Crippen molar-refractivity contribution in [1.29, 1.82) is 0 Å². The van der Waals surface area contributed by atoms with Gasteiger partial charge in [0, 0.05) is 0 Å². The molecule has 0 radical (unpaired) electrons. The van der Waals surface area contributed by atoms with Crippen LogP contribution in [-0.2, 0) is 4.79 Å². The summed E-state index contributed by atoms with van der Waals surface area (Å²) in [7, 11) is 0. The SMILES string of the molecule is O=CC1CCCCS1. The minimum atomic E-state index is 0.323. The van der Waals surface area contributed by atoms with Gasteiger partial charge in [0.25, 0.3) is 0 Å². The molecule has 1 fully saturated rings. The van der Waals surface area contributed by atoms with Gasteiger partial charge in [0.15, 0.2) is 0 Å². The molecule has 1 unspecified atom stereocenters. The highest BCUT2D eigenvalue weighted by atomic mass is 32.2. The van der Waals surface area contributed by atoms with E-state index in [4.69, 9.17) is 0 Å². The van der Waals surface area contributed by atoms with Crippen molar-refractivity contribution < 1.29 is 4.79 Å². The molecule has 1 heterocycles. The van der Waals surface area contributed by atoms with Gasteiger partial charge in [-0.25, -0.2) is 0 Å². The first-order valence-electron chi connectivity index (χ1n) is 3.00. The molecule has 0 aromatic heterocycles. The van der Waals surface area contributed by atoms with Crippen LogP contribution in [-0.4, -0.2) is 17.3 Å². The van der Waals surface area contributed by atoms with E-state index in [9.17, 15) is 4.79 Å². The van der Waals surface area contributed by atoms with Crippen molar-refractivity contribution in [3.8, 4) is 0 Å². The molecule has 1 atom stereocenters. The van der Waals surface area contributed by atoms with Crippen LogP contribution in [0.1, 0.15) is 19.3 Å². The predicted molar refractivity (Wildman–Crippen MR) is 36.2 cm³/mol. The third-order valence-electron chi connectivity index (χ3n) is 1.37. The number of thioether (sulfide) groups is 1. The second kappa shape index (κ2) is 3.13. The fourth-order valence-corrected chi connectivity index (χ4v) is 1.96. The van der Waals surface area contributed by atoms with Crippen LogP contribution in [0.4, 0.5) is 0 Å². The van der Waals surface area contributed by atoms with Crippen LogP contribution in [0.15, 0.2) is 0 Å². The maximum Gasteiger partial charge on any atom is 0.132 e. The first-order chi connectivity index (χ1) is 3.93. The molecule has 8 heavy (non-hydrogen) atoms. The van der Waals surface area contributed by atoms with Crippen molar-refractivity contribution in [3.05, 3.63) is 0 Å². The van der Waals surface area contributed by atoms with Crippen LogP contribution in [0.3, 0.4) is 0 Å². The summed E-state index contributed by atoms with van der Waals surface area (Å²) in [5.74, 6) is 1.18. The van der Waals surface area contributed by atoms with Gasteiger partial charge in [-0.05, 0) is 18.6 Å². The Hall–Kier alpha value is 0.0200. The van der Waals surface area contributed by atoms with Crippen molar-refractivity contribution in [3.63, 3.8) is 0 Å². The van der Waals surface area contributed by atoms with Gasteiger partial charge in [-0.15, -0.1) is 0 Å². The van der Waals surface area contributed by atoms with Crippen molar-refractivity contribution in [2.45, 2.75) is 24.5 Å². The topological polar surface area (TPSA) is 17.1 Å². The molecular weight excluding hydrogens is 120 g/mol. The Morgan fingerprint density at radius 3 is 2.75 bits per heavy atom. The largest absolute Gasteiger partial charge is 0.302 e. The third-order valence-corrected chi connectivity index (χ3v) is 2.67. The zero-order valence-corrected chi connectivity index (χ0v) is 5.62. The fourth-order valence-electron chi connectivity index (χ4n) is 0.873. The summed E-state index contributed by atoms with van der Waals surface area (Å²) in [5.41, 5.74) is 0. The van der Waals surface area contributed by atoms with Gasteiger partial charge in [0.2, 0.25) is 0 Å². The molecule has 0 aromatic rings. The minimum absolute atomic E-state index is 0.323.